The highest BCUT2D eigenvalue weighted by molar-refractivity contribution is 5.71. The average molecular weight is 1150 g/mol. The molecule has 0 aliphatic carbocycles. The Morgan fingerprint density at radius 1 is 0.253 bits per heavy atom. The minimum Gasteiger partial charge on any atom is -0.462 e. The fourth-order valence-electron chi connectivity index (χ4n) is 9.41. The van der Waals surface area contributed by atoms with E-state index in [1.54, 1.807) is 0 Å². The lowest BCUT2D eigenvalue weighted by Crippen LogP contribution is -2.30. The largest absolute Gasteiger partial charge is 0.462 e. The number of carbonyl (C=O) groups is 3. The molecule has 6 heteroatoms. The van der Waals surface area contributed by atoms with Gasteiger partial charge in [-0.15, -0.1) is 0 Å². The van der Waals surface area contributed by atoms with Gasteiger partial charge < -0.3 is 14.2 Å². The molecule has 0 saturated carbocycles. The molecule has 0 saturated heterocycles. The van der Waals surface area contributed by atoms with Crippen molar-refractivity contribution < 1.29 is 28.6 Å². The summed E-state index contributed by atoms with van der Waals surface area (Å²) in [6, 6.07) is 0. The number of hydrogen-bond acceptors (Lipinski definition) is 6. The van der Waals surface area contributed by atoms with E-state index in [0.717, 1.165) is 135 Å². The van der Waals surface area contributed by atoms with Crippen LogP contribution in [0.15, 0.2) is 134 Å². The van der Waals surface area contributed by atoms with E-state index in [-0.39, 0.29) is 31.1 Å². The van der Waals surface area contributed by atoms with Gasteiger partial charge in [0.15, 0.2) is 6.10 Å². The molecule has 472 valence electrons. The Morgan fingerprint density at radius 2 is 0.482 bits per heavy atom. The first-order valence-corrected chi connectivity index (χ1v) is 34.7. The van der Waals surface area contributed by atoms with Crippen molar-refractivity contribution in [1.29, 1.82) is 0 Å². The van der Waals surface area contributed by atoms with E-state index in [0.29, 0.717) is 19.3 Å². The lowest BCUT2D eigenvalue weighted by atomic mass is 10.0. The Labute approximate surface area is 513 Å². The molecular weight excluding hydrogens is 1020 g/mol. The number of unbranched alkanes of at least 4 members (excludes halogenated alkanes) is 29. The number of esters is 3. The molecule has 0 rings (SSSR count). The summed E-state index contributed by atoms with van der Waals surface area (Å²) in [4.78, 5) is 38.4. The fraction of sp³-hybridized carbons (Fsp3) is 0.675. The molecule has 0 aromatic carbocycles. The quantitative estimate of drug-likeness (QED) is 0.0261. The van der Waals surface area contributed by atoms with Gasteiger partial charge in [-0.05, 0) is 135 Å². The molecule has 1 atom stereocenters. The highest BCUT2D eigenvalue weighted by Crippen LogP contribution is 2.16. The second-order valence-electron chi connectivity index (χ2n) is 22.7. The van der Waals surface area contributed by atoms with Crippen LogP contribution in [-0.2, 0) is 28.6 Å². The third-order valence-electron chi connectivity index (χ3n) is 14.6. The van der Waals surface area contributed by atoms with E-state index in [1.807, 2.05) is 0 Å². The molecule has 0 aliphatic heterocycles. The molecular formula is C77H128O6. The third kappa shape index (κ3) is 68.2. The molecule has 0 amide bonds. The van der Waals surface area contributed by atoms with Gasteiger partial charge in [0.25, 0.3) is 0 Å². The standard InChI is InChI=1S/C77H128O6/c1-4-7-10-13-16-19-22-24-26-28-30-32-34-36-37-38-39-41-42-44-46-48-50-52-55-58-61-64-67-70-76(79)82-73-74(72-81-75(78)69-66-63-60-57-54-21-18-15-12-9-6-3)83-77(80)71-68-65-62-59-56-53-51-49-47-45-43-40-35-33-31-29-27-25-23-20-17-14-11-8-5-2/h7,10,15-16,18-19,23-26,29-32,35-37,39-41,44,46,74H,4-6,8-9,11-14,17,20-22,27-28,33-34,38,42-43,45,47-73H2,1-3H3/b10-7-,18-15-,19-16-,25-23-,26-24-,31-29-,32-30-,37-36-,40-35-,41-39-,46-44-. The molecule has 0 radical (unpaired) electrons. The summed E-state index contributed by atoms with van der Waals surface area (Å²) in [6.07, 6.45) is 99.0. The zero-order valence-corrected chi connectivity index (χ0v) is 54.2. The van der Waals surface area contributed by atoms with Crippen LogP contribution in [-0.4, -0.2) is 37.2 Å². The predicted molar refractivity (Wildman–Crippen MR) is 362 cm³/mol. The molecule has 0 heterocycles. The van der Waals surface area contributed by atoms with Crippen molar-refractivity contribution in [3.8, 4) is 0 Å². The number of ether oxygens (including phenoxy) is 3. The minimum atomic E-state index is -0.794. The van der Waals surface area contributed by atoms with Crippen LogP contribution in [0.3, 0.4) is 0 Å². The number of allylic oxidation sites excluding steroid dienone is 22. The van der Waals surface area contributed by atoms with Gasteiger partial charge in [-0.3, -0.25) is 14.4 Å². The number of carbonyl (C=O) groups excluding carboxylic acids is 3. The minimum absolute atomic E-state index is 0.0898. The molecule has 1 unspecified atom stereocenters. The lowest BCUT2D eigenvalue weighted by molar-refractivity contribution is -0.167. The molecule has 0 bridgehead atoms. The molecule has 6 nitrogen and oxygen atoms in total. The summed E-state index contributed by atoms with van der Waals surface area (Å²) >= 11 is 0. The summed E-state index contributed by atoms with van der Waals surface area (Å²) in [5.74, 6) is -0.909. The van der Waals surface area contributed by atoms with E-state index in [2.05, 4.69) is 154 Å². The van der Waals surface area contributed by atoms with Crippen molar-refractivity contribution in [2.45, 2.75) is 322 Å². The van der Waals surface area contributed by atoms with Crippen LogP contribution in [0.5, 0.6) is 0 Å². The lowest BCUT2D eigenvalue weighted by Gasteiger charge is -2.18. The van der Waals surface area contributed by atoms with Crippen molar-refractivity contribution in [2.24, 2.45) is 0 Å². The van der Waals surface area contributed by atoms with Crippen molar-refractivity contribution >= 4 is 17.9 Å². The summed E-state index contributed by atoms with van der Waals surface area (Å²) in [6.45, 7) is 6.47. The van der Waals surface area contributed by atoms with Crippen LogP contribution in [0.2, 0.25) is 0 Å². The zero-order chi connectivity index (χ0) is 59.9. The van der Waals surface area contributed by atoms with E-state index in [9.17, 15) is 14.4 Å². The Kier molecular flexibility index (Phi) is 66.3. The summed E-state index contributed by atoms with van der Waals surface area (Å²) < 4.78 is 16.9. The maximum absolute atomic E-state index is 12.9. The highest BCUT2D eigenvalue weighted by atomic mass is 16.6. The van der Waals surface area contributed by atoms with Crippen LogP contribution in [0.1, 0.15) is 316 Å². The number of rotatable bonds is 62. The first-order chi connectivity index (χ1) is 41.0. The van der Waals surface area contributed by atoms with E-state index < -0.39 is 6.10 Å². The molecule has 0 aromatic heterocycles. The van der Waals surface area contributed by atoms with Crippen LogP contribution >= 0.6 is 0 Å². The van der Waals surface area contributed by atoms with Crippen LogP contribution in [0.4, 0.5) is 0 Å². The van der Waals surface area contributed by atoms with Crippen molar-refractivity contribution in [1.82, 2.24) is 0 Å². The smallest absolute Gasteiger partial charge is 0.306 e. The summed E-state index contributed by atoms with van der Waals surface area (Å²) in [5, 5.41) is 0. The molecule has 83 heavy (non-hydrogen) atoms. The maximum Gasteiger partial charge on any atom is 0.306 e. The van der Waals surface area contributed by atoms with Crippen molar-refractivity contribution in [2.75, 3.05) is 13.2 Å². The van der Waals surface area contributed by atoms with Gasteiger partial charge >= 0.3 is 17.9 Å². The van der Waals surface area contributed by atoms with Crippen LogP contribution in [0, 0.1) is 0 Å². The van der Waals surface area contributed by atoms with Crippen LogP contribution < -0.4 is 0 Å². The van der Waals surface area contributed by atoms with Gasteiger partial charge in [0.1, 0.15) is 13.2 Å². The van der Waals surface area contributed by atoms with Crippen molar-refractivity contribution in [3.05, 3.63) is 134 Å². The van der Waals surface area contributed by atoms with Gasteiger partial charge in [0.2, 0.25) is 0 Å². The third-order valence-corrected chi connectivity index (χ3v) is 14.6. The SMILES string of the molecule is CC/C=C\C/C=C\C/C=C\C/C=C\C/C=C\C/C=C\C/C=C\CCCCCCCCCC(=O)OCC(COC(=O)CCCCCCC/C=C\CCCC)OC(=O)CCCCCCCCCCCC/C=C\C/C=C\C/C=C\CCCCCCC. The summed E-state index contributed by atoms with van der Waals surface area (Å²) in [5.41, 5.74) is 0. The predicted octanol–water partition coefficient (Wildman–Crippen LogP) is 24.1. The monoisotopic (exact) mass is 1150 g/mol. The van der Waals surface area contributed by atoms with E-state index >= 15 is 0 Å². The Bertz CT molecular complexity index is 1750. The molecule has 0 aromatic rings. The molecule has 0 aliphatic rings. The van der Waals surface area contributed by atoms with Crippen LogP contribution in [0.25, 0.3) is 0 Å². The molecule has 0 spiro atoms. The van der Waals surface area contributed by atoms with Crippen molar-refractivity contribution in [3.63, 3.8) is 0 Å². The fourth-order valence-corrected chi connectivity index (χ4v) is 9.41. The second-order valence-corrected chi connectivity index (χ2v) is 22.7. The highest BCUT2D eigenvalue weighted by Gasteiger charge is 2.19. The van der Waals surface area contributed by atoms with Gasteiger partial charge in [-0.1, -0.05) is 296 Å². The maximum atomic E-state index is 12.9. The zero-order valence-electron chi connectivity index (χ0n) is 54.2. The Balaban J connectivity index is 4.31. The Morgan fingerprint density at radius 3 is 0.783 bits per heavy atom. The van der Waals surface area contributed by atoms with Gasteiger partial charge in [0, 0.05) is 19.3 Å². The first-order valence-electron chi connectivity index (χ1n) is 34.7. The van der Waals surface area contributed by atoms with Gasteiger partial charge in [-0.2, -0.15) is 0 Å². The van der Waals surface area contributed by atoms with E-state index in [1.165, 1.54) is 141 Å². The summed E-state index contributed by atoms with van der Waals surface area (Å²) in [7, 11) is 0. The number of hydrogen-bond donors (Lipinski definition) is 0. The topological polar surface area (TPSA) is 78.9 Å². The average Bonchev–Trinajstić information content (AvgIpc) is 3.48. The van der Waals surface area contributed by atoms with Gasteiger partial charge in [-0.25, -0.2) is 0 Å². The second kappa shape index (κ2) is 70.0. The van der Waals surface area contributed by atoms with Gasteiger partial charge in [0.05, 0.1) is 0 Å². The van der Waals surface area contributed by atoms with E-state index in [4.69, 9.17) is 14.2 Å². The first kappa shape index (κ1) is 78.5. The normalized spacial score (nSPS) is 13.0. The Hall–Kier alpha value is -4.45. The molecule has 0 fully saturated rings. The molecule has 0 N–H and O–H groups in total.